The normalized spacial score (nSPS) is 15.2. The minimum Gasteiger partial charge on any atom is -0.351 e. The number of piperidine rings is 1. The minimum absolute atomic E-state index is 0.0303. The summed E-state index contributed by atoms with van der Waals surface area (Å²) in [5.41, 5.74) is 3.95. The molecule has 2 unspecified atom stereocenters. The zero-order valence-electron chi connectivity index (χ0n) is 31.3. The summed E-state index contributed by atoms with van der Waals surface area (Å²) in [4.78, 5) is 55.7. The number of benzene rings is 4. The van der Waals surface area contributed by atoms with Crippen LogP contribution >= 0.6 is 0 Å². The average molecular weight is 763 g/mol. The molecule has 0 spiro atoms. The topological polar surface area (TPSA) is 113 Å². The quantitative estimate of drug-likeness (QED) is 0.101. The van der Waals surface area contributed by atoms with E-state index < -0.39 is 18.4 Å². The van der Waals surface area contributed by atoms with E-state index >= 15 is 0 Å². The molecule has 1 aliphatic heterocycles. The van der Waals surface area contributed by atoms with Crippen LogP contribution in [0.4, 0.5) is 13.2 Å². The first-order valence-electron chi connectivity index (χ1n) is 19.3. The second-order valence-corrected chi connectivity index (χ2v) is 14.6. The maximum absolute atomic E-state index is 14.1. The number of fused-ring (bicyclic) bond motifs is 2. The van der Waals surface area contributed by atoms with E-state index in [1.54, 1.807) is 47.0 Å². The van der Waals surface area contributed by atoms with Gasteiger partial charge in [0, 0.05) is 43.0 Å². The molecule has 12 heteroatoms. The molecule has 0 saturated carbocycles. The van der Waals surface area contributed by atoms with E-state index in [-0.39, 0.29) is 59.7 Å². The lowest BCUT2D eigenvalue weighted by Gasteiger charge is -2.38. The van der Waals surface area contributed by atoms with E-state index in [1.165, 1.54) is 5.56 Å². The van der Waals surface area contributed by atoms with Gasteiger partial charge in [-0.25, -0.2) is 9.97 Å². The van der Waals surface area contributed by atoms with Gasteiger partial charge in [-0.15, -0.1) is 0 Å². The molecule has 0 aliphatic carbocycles. The van der Waals surface area contributed by atoms with E-state index in [0.29, 0.717) is 47.0 Å². The number of aryl methyl sites for hydroxylation is 1. The number of aromatic amines is 1. The van der Waals surface area contributed by atoms with Crippen molar-refractivity contribution in [3.8, 4) is 0 Å². The Labute approximate surface area is 323 Å². The molecule has 290 valence electrons. The molecule has 3 heterocycles. The summed E-state index contributed by atoms with van der Waals surface area (Å²) in [6.45, 7) is 4.13. The van der Waals surface area contributed by atoms with Gasteiger partial charge in [-0.05, 0) is 87.2 Å². The largest absolute Gasteiger partial charge is 0.389 e. The number of carbonyl (C=O) groups excluding carboxylic acids is 3. The molecule has 2 aromatic heterocycles. The lowest BCUT2D eigenvalue weighted by molar-refractivity contribution is -0.135. The number of para-hydroxylation sites is 3. The number of halogens is 3. The Hall–Kier alpha value is -5.62. The third kappa shape index (κ3) is 8.75. The number of amides is 1. The molecule has 1 saturated heterocycles. The van der Waals surface area contributed by atoms with Crippen molar-refractivity contribution in [2.45, 2.75) is 70.1 Å². The second kappa shape index (κ2) is 17.0. The van der Waals surface area contributed by atoms with E-state index in [1.807, 2.05) is 48.5 Å². The van der Waals surface area contributed by atoms with Crippen molar-refractivity contribution in [2.24, 2.45) is 5.92 Å². The van der Waals surface area contributed by atoms with E-state index in [4.69, 9.17) is 0 Å². The Morgan fingerprint density at radius 3 is 2.29 bits per heavy atom. The van der Waals surface area contributed by atoms with Crippen LogP contribution in [0, 0.1) is 5.92 Å². The van der Waals surface area contributed by atoms with Crippen LogP contribution in [0.5, 0.6) is 0 Å². The molecule has 0 bridgehead atoms. The van der Waals surface area contributed by atoms with Gasteiger partial charge < -0.3 is 19.8 Å². The Balaban J connectivity index is 1.03. The van der Waals surface area contributed by atoms with Crippen LogP contribution in [0.2, 0.25) is 0 Å². The van der Waals surface area contributed by atoms with Gasteiger partial charge in [0.05, 0.1) is 22.1 Å². The van der Waals surface area contributed by atoms with Crippen LogP contribution in [0.3, 0.4) is 0 Å². The summed E-state index contributed by atoms with van der Waals surface area (Å²) in [5, 5.41) is 3.15. The van der Waals surface area contributed by atoms with Gasteiger partial charge >= 0.3 is 6.18 Å². The van der Waals surface area contributed by atoms with Crippen LogP contribution < -0.4 is 5.32 Å². The van der Waals surface area contributed by atoms with Crippen molar-refractivity contribution in [3.63, 3.8) is 0 Å². The minimum atomic E-state index is -4.31. The third-order valence-corrected chi connectivity index (χ3v) is 11.0. The molecule has 4 aromatic carbocycles. The highest BCUT2D eigenvalue weighted by Gasteiger charge is 2.33. The number of nitrogens with one attached hydrogen (secondary N) is 2. The third-order valence-electron chi connectivity index (χ3n) is 11.0. The van der Waals surface area contributed by atoms with Crippen LogP contribution in [0.1, 0.15) is 94.1 Å². The molecule has 0 radical (unpaired) electrons. The van der Waals surface area contributed by atoms with Crippen LogP contribution in [-0.2, 0) is 6.54 Å². The average Bonchev–Trinajstić information content (AvgIpc) is 3.83. The highest BCUT2D eigenvalue weighted by molar-refractivity contribution is 6.15. The Morgan fingerprint density at radius 1 is 0.875 bits per heavy atom. The van der Waals surface area contributed by atoms with Gasteiger partial charge in [0.1, 0.15) is 5.52 Å². The zero-order valence-corrected chi connectivity index (χ0v) is 31.3. The fourth-order valence-electron chi connectivity index (χ4n) is 7.96. The van der Waals surface area contributed by atoms with Crippen molar-refractivity contribution in [3.05, 3.63) is 131 Å². The molecular formula is C44H45F3N6O3. The SMILES string of the molecule is CCC(CC(CNC(=O)c1ccccc1)c1ccccc1)N1CCC(C(=O)c2nc3c(C(=O)c4nc5ccccc5n4CCCC(F)(F)F)cccc3[nH]2)CC1. The van der Waals surface area contributed by atoms with Gasteiger partial charge in [0.25, 0.3) is 5.91 Å². The number of likely N-dealkylation sites (tertiary alicyclic amines) is 1. The van der Waals surface area contributed by atoms with Crippen molar-refractivity contribution in [2.75, 3.05) is 19.6 Å². The number of nitrogens with zero attached hydrogens (tertiary/aromatic N) is 4. The summed E-state index contributed by atoms with van der Waals surface area (Å²) in [5.74, 6) is -0.617. The predicted octanol–water partition coefficient (Wildman–Crippen LogP) is 8.76. The Morgan fingerprint density at radius 2 is 1.57 bits per heavy atom. The molecule has 1 amide bonds. The number of aromatic nitrogens is 4. The summed E-state index contributed by atoms with van der Waals surface area (Å²) in [7, 11) is 0. The van der Waals surface area contributed by atoms with Gasteiger partial charge in [-0.3, -0.25) is 14.4 Å². The summed E-state index contributed by atoms with van der Waals surface area (Å²) in [6.07, 6.45) is -2.41. The monoisotopic (exact) mass is 762 g/mol. The number of Topliss-reactive ketones (excluding diaryl/α,β-unsaturated/α-hetero) is 1. The van der Waals surface area contributed by atoms with Gasteiger partial charge in [-0.1, -0.05) is 73.7 Å². The molecule has 1 fully saturated rings. The standard InChI is InChI=1S/C44H45F3N6O3/c1-2-33(27-32(29-13-5-3-6-14-29)28-48-43(56)31-15-7-4-8-16-31)52-25-21-30(22-26-52)39(54)41-49-36-19-11-17-34(38(36)51-41)40(55)42-50-35-18-9-10-20-37(35)53(42)24-12-23-44(45,46)47/h3-11,13-20,30,32-33H,2,12,21-28H2,1H3,(H,48,56)(H,49,51). The maximum atomic E-state index is 14.1. The van der Waals surface area contributed by atoms with E-state index in [0.717, 1.165) is 25.9 Å². The van der Waals surface area contributed by atoms with Crippen molar-refractivity contribution in [1.29, 1.82) is 0 Å². The first kappa shape index (κ1) is 38.6. The van der Waals surface area contributed by atoms with E-state index in [2.05, 4.69) is 44.2 Å². The second-order valence-electron chi connectivity index (χ2n) is 14.6. The number of ketones is 2. The molecular weight excluding hydrogens is 718 g/mol. The maximum Gasteiger partial charge on any atom is 0.389 e. The number of hydrogen-bond acceptors (Lipinski definition) is 6. The molecule has 6 aromatic rings. The molecule has 2 N–H and O–H groups in total. The molecule has 56 heavy (non-hydrogen) atoms. The van der Waals surface area contributed by atoms with Crippen molar-refractivity contribution >= 4 is 39.5 Å². The highest BCUT2D eigenvalue weighted by atomic mass is 19.4. The predicted molar refractivity (Wildman–Crippen MR) is 210 cm³/mol. The van der Waals surface area contributed by atoms with Crippen LogP contribution in [-0.4, -0.2) is 73.7 Å². The Kier molecular flexibility index (Phi) is 11.8. The lowest BCUT2D eigenvalue weighted by Crippen LogP contribution is -2.44. The number of rotatable bonds is 15. The number of carbonyl (C=O) groups is 3. The van der Waals surface area contributed by atoms with Crippen molar-refractivity contribution < 1.29 is 27.6 Å². The molecule has 7 rings (SSSR count). The highest BCUT2D eigenvalue weighted by Crippen LogP contribution is 2.31. The fraction of sp³-hybridized carbons (Fsp3) is 0.341. The Bertz CT molecular complexity index is 2300. The zero-order chi connectivity index (χ0) is 39.2. The number of hydrogen-bond donors (Lipinski definition) is 2. The fourth-order valence-corrected chi connectivity index (χ4v) is 7.96. The lowest BCUT2D eigenvalue weighted by atomic mass is 9.87. The van der Waals surface area contributed by atoms with Gasteiger partial charge in [0.2, 0.25) is 11.6 Å². The smallest absolute Gasteiger partial charge is 0.351 e. The molecule has 1 aliphatic rings. The number of alkyl halides is 3. The molecule has 2 atom stereocenters. The van der Waals surface area contributed by atoms with Crippen LogP contribution in [0.25, 0.3) is 22.1 Å². The number of imidazole rings is 2. The van der Waals surface area contributed by atoms with Crippen molar-refractivity contribution in [1.82, 2.24) is 29.7 Å². The first-order valence-corrected chi connectivity index (χ1v) is 19.3. The van der Waals surface area contributed by atoms with Gasteiger partial charge in [-0.2, -0.15) is 13.2 Å². The summed E-state index contributed by atoms with van der Waals surface area (Å²) < 4.78 is 40.6. The molecule has 9 nitrogen and oxygen atoms in total. The first-order chi connectivity index (χ1) is 27.1. The van der Waals surface area contributed by atoms with E-state index in [9.17, 15) is 27.6 Å². The van der Waals surface area contributed by atoms with Crippen LogP contribution in [0.15, 0.2) is 103 Å². The summed E-state index contributed by atoms with van der Waals surface area (Å²) in [6, 6.07) is 31.8. The van der Waals surface area contributed by atoms with Gasteiger partial charge in [0.15, 0.2) is 11.6 Å². The summed E-state index contributed by atoms with van der Waals surface area (Å²) >= 11 is 0. The number of H-pyrrole nitrogens is 1.